The second-order valence-corrected chi connectivity index (χ2v) is 2.22. The Hall–Kier alpha value is -1.69. The molecule has 0 aromatic carbocycles. The van der Waals surface area contributed by atoms with Crippen molar-refractivity contribution >= 4 is 6.29 Å². The van der Waals surface area contributed by atoms with Gasteiger partial charge in [-0.3, -0.25) is 4.79 Å². The summed E-state index contributed by atoms with van der Waals surface area (Å²) in [4.78, 5) is 13.3. The molecule has 3 heteroatoms. The molecule has 0 atom stereocenters. The van der Waals surface area contributed by atoms with E-state index in [9.17, 15) is 9.18 Å². The van der Waals surface area contributed by atoms with Crippen molar-refractivity contribution in [1.29, 1.82) is 0 Å². The van der Waals surface area contributed by atoms with E-state index >= 15 is 0 Å². The molecule has 1 aromatic rings. The summed E-state index contributed by atoms with van der Waals surface area (Å²) in [5.41, 5.74) is 0.966. The molecule has 0 unspecified atom stereocenters. The summed E-state index contributed by atoms with van der Waals surface area (Å²) in [6.07, 6.45) is 1.78. The Bertz CT molecular complexity index is 363. The van der Waals surface area contributed by atoms with Gasteiger partial charge in [-0.15, -0.1) is 0 Å². The number of aldehydes is 1. The van der Waals surface area contributed by atoms with Crippen LogP contribution in [0.3, 0.4) is 0 Å². The van der Waals surface area contributed by atoms with E-state index in [1.54, 1.807) is 13.0 Å². The van der Waals surface area contributed by atoms with Crippen LogP contribution in [-0.2, 0) is 4.79 Å². The maximum absolute atomic E-state index is 12.6. The standard InChI is InChI=1S/C9H6FNO/c1-7-5-8(3-2-4-12)6-11-9(7)10/h4-6H,1H3. The molecule has 0 radical (unpaired) electrons. The van der Waals surface area contributed by atoms with Crippen LogP contribution in [0, 0.1) is 24.7 Å². The van der Waals surface area contributed by atoms with E-state index in [-0.39, 0.29) is 0 Å². The van der Waals surface area contributed by atoms with Gasteiger partial charge in [0.2, 0.25) is 5.95 Å². The zero-order valence-corrected chi connectivity index (χ0v) is 6.47. The van der Waals surface area contributed by atoms with Gasteiger partial charge >= 0.3 is 0 Å². The molecule has 0 aliphatic rings. The van der Waals surface area contributed by atoms with E-state index in [0.717, 1.165) is 0 Å². The molecule has 60 valence electrons. The van der Waals surface area contributed by atoms with Gasteiger partial charge in [-0.25, -0.2) is 4.98 Å². The first-order valence-corrected chi connectivity index (χ1v) is 3.31. The summed E-state index contributed by atoms with van der Waals surface area (Å²) >= 11 is 0. The second-order valence-electron chi connectivity index (χ2n) is 2.22. The molecule has 2 nitrogen and oxygen atoms in total. The quantitative estimate of drug-likeness (QED) is 0.325. The molecule has 1 heterocycles. The van der Waals surface area contributed by atoms with Gasteiger partial charge in [0.25, 0.3) is 0 Å². The van der Waals surface area contributed by atoms with Crippen molar-refractivity contribution in [3.63, 3.8) is 0 Å². The minimum Gasteiger partial charge on any atom is -0.289 e. The summed E-state index contributed by atoms with van der Waals surface area (Å²) < 4.78 is 12.6. The van der Waals surface area contributed by atoms with E-state index in [2.05, 4.69) is 16.8 Å². The molecule has 0 aliphatic carbocycles. The summed E-state index contributed by atoms with van der Waals surface area (Å²) in [6.45, 7) is 1.59. The zero-order chi connectivity index (χ0) is 8.97. The number of aromatic nitrogens is 1. The molecule has 0 N–H and O–H groups in total. The van der Waals surface area contributed by atoms with Crippen LogP contribution in [0.1, 0.15) is 11.1 Å². The van der Waals surface area contributed by atoms with E-state index in [1.807, 2.05) is 0 Å². The number of aryl methyl sites for hydroxylation is 1. The van der Waals surface area contributed by atoms with Crippen LogP contribution in [0.25, 0.3) is 0 Å². The van der Waals surface area contributed by atoms with Crippen LogP contribution >= 0.6 is 0 Å². The van der Waals surface area contributed by atoms with Crippen LogP contribution in [0.5, 0.6) is 0 Å². The average molecular weight is 163 g/mol. The lowest BCUT2D eigenvalue weighted by Crippen LogP contribution is -1.88. The second kappa shape index (κ2) is 3.63. The summed E-state index contributed by atoms with van der Waals surface area (Å²) in [6, 6.07) is 1.54. The largest absolute Gasteiger partial charge is 0.289 e. The van der Waals surface area contributed by atoms with Gasteiger partial charge in [-0.05, 0) is 18.9 Å². The summed E-state index contributed by atoms with van der Waals surface area (Å²) in [7, 11) is 0. The van der Waals surface area contributed by atoms with Crippen molar-refractivity contribution in [2.75, 3.05) is 0 Å². The van der Waals surface area contributed by atoms with Crippen molar-refractivity contribution in [1.82, 2.24) is 4.98 Å². The Morgan fingerprint density at radius 2 is 2.42 bits per heavy atom. The van der Waals surface area contributed by atoms with Crippen LogP contribution < -0.4 is 0 Å². The van der Waals surface area contributed by atoms with Crippen LogP contribution in [0.2, 0.25) is 0 Å². The maximum atomic E-state index is 12.6. The molecule has 0 saturated carbocycles. The Balaban J connectivity index is 3.04. The lowest BCUT2D eigenvalue weighted by Gasteiger charge is -1.93. The predicted molar refractivity (Wildman–Crippen MR) is 41.9 cm³/mol. The molecule has 0 spiro atoms. The molecule has 1 aromatic heterocycles. The summed E-state index contributed by atoms with van der Waals surface area (Å²) in [5.74, 6) is 4.23. The van der Waals surface area contributed by atoms with Gasteiger partial charge in [-0.2, -0.15) is 4.39 Å². The lowest BCUT2D eigenvalue weighted by atomic mass is 10.2. The van der Waals surface area contributed by atoms with Gasteiger partial charge in [0.1, 0.15) is 0 Å². The minimum absolute atomic E-state index is 0.424. The molecule has 12 heavy (non-hydrogen) atoms. The van der Waals surface area contributed by atoms with Crippen molar-refractivity contribution in [2.24, 2.45) is 0 Å². The Kier molecular flexibility index (Phi) is 2.54. The van der Waals surface area contributed by atoms with Crippen molar-refractivity contribution in [2.45, 2.75) is 6.92 Å². The van der Waals surface area contributed by atoms with Crippen molar-refractivity contribution in [3.8, 4) is 11.8 Å². The number of nitrogens with zero attached hydrogens (tertiary/aromatic N) is 1. The Morgan fingerprint density at radius 3 is 3.00 bits per heavy atom. The number of hydrogen-bond acceptors (Lipinski definition) is 2. The highest BCUT2D eigenvalue weighted by Crippen LogP contribution is 2.03. The third-order valence-corrected chi connectivity index (χ3v) is 1.29. The fourth-order valence-electron chi connectivity index (χ4n) is 0.739. The van der Waals surface area contributed by atoms with Crippen molar-refractivity contribution < 1.29 is 9.18 Å². The average Bonchev–Trinajstić information content (AvgIpc) is 2.07. The highest BCUT2D eigenvalue weighted by molar-refractivity contribution is 5.73. The number of carbonyl (C=O) groups is 1. The highest BCUT2D eigenvalue weighted by Gasteiger charge is 1.96. The fraction of sp³-hybridized carbons (Fsp3) is 0.111. The number of rotatable bonds is 0. The number of carbonyl (C=O) groups excluding carboxylic acids is 1. The van der Waals surface area contributed by atoms with Gasteiger partial charge in [0, 0.05) is 17.3 Å². The molecule has 0 amide bonds. The third kappa shape index (κ3) is 1.89. The van der Waals surface area contributed by atoms with Gasteiger partial charge < -0.3 is 0 Å². The summed E-state index contributed by atoms with van der Waals surface area (Å²) in [5, 5.41) is 0. The number of hydrogen-bond donors (Lipinski definition) is 0. The molecule has 0 saturated heterocycles. The van der Waals surface area contributed by atoms with Crippen LogP contribution in [0.4, 0.5) is 4.39 Å². The zero-order valence-electron chi connectivity index (χ0n) is 6.47. The van der Waals surface area contributed by atoms with E-state index < -0.39 is 5.95 Å². The van der Waals surface area contributed by atoms with E-state index in [1.165, 1.54) is 6.20 Å². The maximum Gasteiger partial charge on any atom is 0.215 e. The first-order valence-electron chi connectivity index (χ1n) is 3.31. The molecule has 1 rings (SSSR count). The van der Waals surface area contributed by atoms with Crippen LogP contribution in [-0.4, -0.2) is 11.3 Å². The monoisotopic (exact) mass is 163 g/mol. The van der Waals surface area contributed by atoms with Crippen molar-refractivity contribution in [3.05, 3.63) is 29.3 Å². The lowest BCUT2D eigenvalue weighted by molar-refractivity contribution is -0.103. The van der Waals surface area contributed by atoms with Gasteiger partial charge in [-0.1, -0.05) is 5.92 Å². The van der Waals surface area contributed by atoms with Crippen LogP contribution in [0.15, 0.2) is 12.3 Å². The molecular formula is C9H6FNO. The van der Waals surface area contributed by atoms with E-state index in [4.69, 9.17) is 0 Å². The number of halogens is 1. The predicted octanol–water partition coefficient (Wildman–Crippen LogP) is 1.08. The molecule has 0 bridgehead atoms. The van der Waals surface area contributed by atoms with E-state index in [0.29, 0.717) is 17.4 Å². The van der Waals surface area contributed by atoms with Gasteiger partial charge in [0.05, 0.1) is 0 Å². The first kappa shape index (κ1) is 8.41. The third-order valence-electron chi connectivity index (χ3n) is 1.29. The molecule has 0 fully saturated rings. The normalized spacial score (nSPS) is 8.50. The Morgan fingerprint density at radius 1 is 1.67 bits per heavy atom. The Labute approximate surface area is 69.4 Å². The SMILES string of the molecule is Cc1cc(C#CC=O)cnc1F. The number of pyridine rings is 1. The fourth-order valence-corrected chi connectivity index (χ4v) is 0.739. The highest BCUT2D eigenvalue weighted by atomic mass is 19.1. The van der Waals surface area contributed by atoms with Gasteiger partial charge in [0.15, 0.2) is 6.29 Å². The molecular weight excluding hydrogens is 157 g/mol. The topological polar surface area (TPSA) is 30.0 Å². The molecule has 0 aliphatic heterocycles. The first-order chi connectivity index (χ1) is 5.74. The smallest absolute Gasteiger partial charge is 0.215 e. The minimum atomic E-state index is -0.508.